The summed E-state index contributed by atoms with van der Waals surface area (Å²) in [7, 11) is 0. The molecular formula is HN4O2-. The molecule has 0 spiro atoms. The van der Waals surface area contributed by atoms with E-state index in [2.05, 4.69) is 0 Å². The second-order valence-electron chi connectivity index (χ2n) is 0.171. The predicted octanol–water partition coefficient (Wildman–Crippen LogP) is 1.01. The zero-order valence-corrected chi connectivity index (χ0v) is 2.64. The molecule has 0 aromatic carbocycles. The Kier molecular flexibility index (Phi) is 79.5. The van der Waals surface area contributed by atoms with Crippen LogP contribution in [0.5, 0.6) is 0 Å². The lowest BCUT2D eigenvalue weighted by Gasteiger charge is -1.32. The Labute approximate surface area is 32.7 Å². The Morgan fingerprint density at radius 3 is 1.67 bits per heavy atom. The van der Waals surface area contributed by atoms with Gasteiger partial charge >= 0.3 is 0 Å². The molecule has 0 aliphatic carbocycles. The number of hydrogen-bond acceptors (Lipinski definition) is 2. The van der Waals surface area contributed by atoms with Gasteiger partial charge < -0.3 is 16.3 Å². The Bertz CT molecular complexity index is 50.6. The van der Waals surface area contributed by atoms with Crippen LogP contribution in [0.25, 0.3) is 16.0 Å². The van der Waals surface area contributed by atoms with E-state index in [0.29, 0.717) is 0 Å². The van der Waals surface area contributed by atoms with Gasteiger partial charge in [0.1, 0.15) is 0 Å². The molecule has 34 valence electrons. The van der Waals surface area contributed by atoms with Crippen molar-refractivity contribution in [3.63, 3.8) is 0 Å². The second-order valence-corrected chi connectivity index (χ2v) is 0.171. The van der Waals surface area contributed by atoms with Crippen LogP contribution in [-0.2, 0) is 0 Å². The fourth-order valence-electron chi connectivity index (χ4n) is 0. The van der Waals surface area contributed by atoms with Crippen LogP contribution in [0.15, 0.2) is 5.34 Å². The van der Waals surface area contributed by atoms with Gasteiger partial charge in [0.05, 0.1) is 0 Å². The first-order valence-corrected chi connectivity index (χ1v) is 0.783. The minimum atomic E-state index is 1.25. The summed E-state index contributed by atoms with van der Waals surface area (Å²) >= 11 is 0. The monoisotopic (exact) mass is 89.0 g/mol. The summed E-state index contributed by atoms with van der Waals surface area (Å²) in [5, 5.41) is 7.89. The van der Waals surface area contributed by atoms with Crippen molar-refractivity contribution in [2.75, 3.05) is 0 Å². The van der Waals surface area contributed by atoms with E-state index < -0.39 is 0 Å². The molecule has 0 radical (unpaired) electrons. The van der Waals surface area contributed by atoms with Crippen molar-refractivity contribution in [2.45, 2.75) is 0 Å². The summed E-state index contributed by atoms with van der Waals surface area (Å²) in [6.07, 6.45) is 0. The van der Waals surface area contributed by atoms with Crippen LogP contribution in [0.3, 0.4) is 0 Å². The van der Waals surface area contributed by atoms with Crippen molar-refractivity contribution in [3.8, 4) is 0 Å². The molecule has 0 rings (SSSR count). The van der Waals surface area contributed by atoms with E-state index in [0.717, 1.165) is 0 Å². The molecule has 0 aromatic heterocycles. The maximum Gasteiger partial charge on any atom is 0.152 e. The average Bonchev–Trinajstić information content (AvgIpc) is 1.39. The molecule has 0 atom stereocenters. The van der Waals surface area contributed by atoms with Crippen molar-refractivity contribution < 1.29 is 5.21 Å². The van der Waals surface area contributed by atoms with Crippen LogP contribution in [-0.4, -0.2) is 5.21 Å². The van der Waals surface area contributed by atoms with Gasteiger partial charge in [-0.05, 0) is 0 Å². The summed E-state index contributed by atoms with van der Waals surface area (Å²) in [6, 6.07) is 0. The van der Waals surface area contributed by atoms with Gasteiger partial charge in [0.2, 0.25) is 0 Å². The molecule has 0 aliphatic heterocycles. The SMILES string of the molecule is O=NO.[N-]=[N+]=[N-]. The highest BCUT2D eigenvalue weighted by molar-refractivity contribution is 4.36. The normalized spacial score (nSPS) is 3.33. The Balaban J connectivity index is 0. The maximum absolute atomic E-state index is 8.11. The molecule has 0 unspecified atom stereocenters. The van der Waals surface area contributed by atoms with Gasteiger partial charge in [-0.25, -0.2) is 0 Å². The lowest BCUT2D eigenvalue weighted by molar-refractivity contribution is 0.312. The molecule has 0 fully saturated rings. The van der Waals surface area contributed by atoms with Crippen molar-refractivity contribution >= 4 is 0 Å². The third-order valence-electron chi connectivity index (χ3n) is 0. The van der Waals surface area contributed by atoms with E-state index in [1.807, 2.05) is 0 Å². The van der Waals surface area contributed by atoms with E-state index in [1.165, 1.54) is 10.3 Å². The third kappa shape index (κ3) is 4.76. The first kappa shape index (κ1) is 8.83. The van der Waals surface area contributed by atoms with Gasteiger partial charge in [-0.2, -0.15) is 0 Å². The quantitative estimate of drug-likeness (QED) is 0.157. The molecular weight excluding hydrogens is 88.0 g/mol. The van der Waals surface area contributed by atoms with E-state index in [4.69, 9.17) is 21.2 Å². The van der Waals surface area contributed by atoms with Crippen molar-refractivity contribution in [2.24, 2.45) is 5.34 Å². The highest BCUT2D eigenvalue weighted by Crippen LogP contribution is 1.29. The van der Waals surface area contributed by atoms with E-state index in [-0.39, 0.29) is 0 Å². The number of hydrogen-bond donors (Lipinski definition) is 1. The van der Waals surface area contributed by atoms with Gasteiger partial charge in [0.25, 0.3) is 0 Å². The number of nitrogens with zero attached hydrogens (tertiary/aromatic N) is 4. The molecule has 6 heavy (non-hydrogen) atoms. The molecule has 0 aliphatic rings. The zero-order valence-electron chi connectivity index (χ0n) is 2.64. The fraction of sp³-hybridized carbons (Fsp3) is 0. The summed E-state index contributed by atoms with van der Waals surface area (Å²) < 4.78 is 0. The summed E-state index contributed by atoms with van der Waals surface area (Å²) in [4.78, 5) is 9.61. The van der Waals surface area contributed by atoms with E-state index in [1.54, 1.807) is 0 Å². The van der Waals surface area contributed by atoms with Crippen LogP contribution in [0, 0.1) is 4.91 Å². The Morgan fingerprint density at radius 1 is 1.67 bits per heavy atom. The lowest BCUT2D eigenvalue weighted by Crippen LogP contribution is -1.25. The van der Waals surface area contributed by atoms with Gasteiger partial charge in [-0.3, -0.25) is 4.91 Å². The third-order valence-corrected chi connectivity index (χ3v) is 0. The van der Waals surface area contributed by atoms with E-state index in [9.17, 15) is 0 Å². The highest BCUT2D eigenvalue weighted by atomic mass is 16.6. The minimum absolute atomic E-state index is 1.25. The largest absolute Gasteiger partial charge is 0.379 e. The van der Waals surface area contributed by atoms with Crippen molar-refractivity contribution in [1.82, 2.24) is 0 Å². The number of rotatable bonds is 0. The minimum Gasteiger partial charge on any atom is -0.379 e. The zero-order chi connectivity index (χ0) is 5.41. The maximum atomic E-state index is 8.11. The lowest BCUT2D eigenvalue weighted by atomic mass is 13.0. The second kappa shape index (κ2) is 54.1. The fourth-order valence-corrected chi connectivity index (χ4v) is 0. The van der Waals surface area contributed by atoms with Gasteiger partial charge in [0, 0.05) is 0 Å². The molecule has 0 amide bonds. The van der Waals surface area contributed by atoms with Crippen LogP contribution >= 0.6 is 0 Å². The van der Waals surface area contributed by atoms with Crippen LogP contribution in [0.2, 0.25) is 0 Å². The average molecular weight is 89.0 g/mol. The van der Waals surface area contributed by atoms with Crippen molar-refractivity contribution in [1.29, 1.82) is 0 Å². The predicted molar refractivity (Wildman–Crippen MR) is 17.7 cm³/mol. The summed E-state index contributed by atoms with van der Waals surface area (Å²) in [5.74, 6) is 0. The molecule has 0 bridgehead atoms. The van der Waals surface area contributed by atoms with Gasteiger partial charge in [-0.1, -0.05) is 0 Å². The molecule has 0 heterocycles. The highest BCUT2D eigenvalue weighted by Gasteiger charge is 1.18. The van der Waals surface area contributed by atoms with E-state index >= 15 is 0 Å². The van der Waals surface area contributed by atoms with Gasteiger partial charge in [-0.15, -0.1) is 4.91 Å². The Morgan fingerprint density at radius 2 is 1.67 bits per heavy atom. The van der Waals surface area contributed by atoms with Crippen molar-refractivity contribution in [3.05, 3.63) is 20.9 Å². The summed E-state index contributed by atoms with van der Waals surface area (Å²) in [6.45, 7) is 0. The van der Waals surface area contributed by atoms with Crippen LogP contribution in [0.1, 0.15) is 0 Å². The standard InChI is InChI=1S/N3.HNO2/c1-3-2;2-1-3/h;(H,2,3)/q-1;. The molecule has 0 saturated carbocycles. The topological polar surface area (TPSA) is 108 Å². The molecule has 6 nitrogen and oxygen atoms in total. The smallest absolute Gasteiger partial charge is 0.152 e. The van der Waals surface area contributed by atoms with Gasteiger partial charge in [0.15, 0.2) is 5.34 Å². The molecule has 0 aromatic rings. The van der Waals surface area contributed by atoms with Crippen LogP contribution in [0.4, 0.5) is 0 Å². The molecule has 0 saturated heterocycles. The first-order valence-electron chi connectivity index (χ1n) is 0.783. The molecule has 1 N–H and O–H groups in total. The van der Waals surface area contributed by atoms with Crippen LogP contribution < -0.4 is 0 Å². The summed E-state index contributed by atoms with van der Waals surface area (Å²) in [5.41, 5.74) is 13.5. The Hall–Kier alpha value is -1.29. The molecule has 6 heteroatoms. The first-order chi connectivity index (χ1) is 2.83.